The number of carbonyl (C=O) groups excluding carboxylic acids is 1. The molecule has 2 N–H and O–H groups in total. The van der Waals surface area contributed by atoms with E-state index in [1.807, 2.05) is 0 Å². The van der Waals surface area contributed by atoms with Crippen molar-refractivity contribution in [3.63, 3.8) is 0 Å². The van der Waals surface area contributed by atoms with E-state index in [1.165, 1.54) is 12.1 Å². The van der Waals surface area contributed by atoms with Gasteiger partial charge in [0.15, 0.2) is 0 Å². The number of carbonyl (C=O) groups is 1. The van der Waals surface area contributed by atoms with Crippen LogP contribution in [0.3, 0.4) is 0 Å². The summed E-state index contributed by atoms with van der Waals surface area (Å²) in [6.45, 7) is -0.215. The predicted octanol–water partition coefficient (Wildman–Crippen LogP) is 4.28. The van der Waals surface area contributed by atoms with E-state index in [4.69, 9.17) is 11.6 Å². The number of rotatable bonds is 7. The van der Waals surface area contributed by atoms with Gasteiger partial charge in [0.1, 0.15) is 0 Å². The molecule has 0 unspecified atom stereocenters. The van der Waals surface area contributed by atoms with E-state index in [1.54, 1.807) is 30.3 Å². The predicted molar refractivity (Wildman–Crippen MR) is 102 cm³/mol. The van der Waals surface area contributed by atoms with Gasteiger partial charge in [0.2, 0.25) is 15.9 Å². The zero-order valence-corrected chi connectivity index (χ0v) is 15.9. The molecule has 2 aromatic rings. The van der Waals surface area contributed by atoms with Crippen molar-refractivity contribution in [1.82, 2.24) is 4.72 Å². The van der Waals surface area contributed by atoms with Crippen molar-refractivity contribution in [1.29, 1.82) is 0 Å². The van der Waals surface area contributed by atoms with Crippen molar-refractivity contribution in [2.45, 2.75) is 12.6 Å². The molecule has 0 bridgehead atoms. The van der Waals surface area contributed by atoms with Gasteiger partial charge in [-0.2, -0.15) is 13.2 Å². The summed E-state index contributed by atoms with van der Waals surface area (Å²) in [5, 5.41) is 2.76. The smallest absolute Gasteiger partial charge is 0.326 e. The lowest BCUT2D eigenvalue weighted by atomic mass is 10.2. The van der Waals surface area contributed by atoms with Gasteiger partial charge < -0.3 is 5.32 Å². The molecule has 0 spiro atoms. The molecule has 0 aliphatic rings. The van der Waals surface area contributed by atoms with Crippen molar-refractivity contribution >= 4 is 39.3 Å². The number of amides is 1. The first-order valence-electron chi connectivity index (χ1n) is 7.96. The first-order chi connectivity index (χ1) is 13.1. The van der Waals surface area contributed by atoms with Gasteiger partial charge in [0.05, 0.1) is 10.6 Å². The summed E-state index contributed by atoms with van der Waals surface area (Å²) < 4.78 is 64.4. The lowest BCUT2D eigenvalue weighted by Gasteiger charge is -2.12. The van der Waals surface area contributed by atoms with E-state index in [0.29, 0.717) is 11.6 Å². The van der Waals surface area contributed by atoms with Gasteiger partial charge >= 0.3 is 6.18 Å². The molecular weight excluding hydrogens is 417 g/mol. The van der Waals surface area contributed by atoms with Crippen molar-refractivity contribution in [3.8, 4) is 0 Å². The number of hydrogen-bond donors (Lipinski definition) is 2. The third-order valence-electron chi connectivity index (χ3n) is 3.45. The second kappa shape index (κ2) is 9.22. The van der Waals surface area contributed by atoms with Gasteiger partial charge in [-0.25, -0.2) is 13.1 Å². The fraction of sp³-hybridized carbons (Fsp3) is 0.167. The fourth-order valence-corrected chi connectivity index (χ4v) is 3.17. The van der Waals surface area contributed by atoms with Crippen LogP contribution in [0.5, 0.6) is 0 Å². The summed E-state index contributed by atoms with van der Waals surface area (Å²) >= 11 is 5.51. The Morgan fingerprint density at radius 3 is 2.43 bits per heavy atom. The Bertz CT molecular complexity index is 962. The van der Waals surface area contributed by atoms with E-state index >= 15 is 0 Å². The number of nitrogens with one attached hydrogen (secondary N) is 2. The zero-order valence-electron chi connectivity index (χ0n) is 14.3. The van der Waals surface area contributed by atoms with Gasteiger partial charge in [-0.05, 0) is 29.8 Å². The molecule has 0 atom stereocenters. The monoisotopic (exact) mass is 432 g/mol. The maximum Gasteiger partial charge on any atom is 0.417 e. The van der Waals surface area contributed by atoms with E-state index in [9.17, 15) is 26.4 Å². The second-order valence-electron chi connectivity index (χ2n) is 5.64. The third-order valence-corrected chi connectivity index (χ3v) is 4.88. The Morgan fingerprint density at radius 2 is 1.79 bits per heavy atom. The molecule has 0 aliphatic heterocycles. The Hall–Kier alpha value is -2.36. The van der Waals surface area contributed by atoms with E-state index < -0.39 is 32.7 Å². The third kappa shape index (κ3) is 6.99. The molecule has 5 nitrogen and oxygen atoms in total. The summed E-state index contributed by atoms with van der Waals surface area (Å²) in [7, 11) is -3.76. The average Bonchev–Trinajstić information content (AvgIpc) is 2.61. The molecule has 10 heteroatoms. The maximum absolute atomic E-state index is 12.8. The van der Waals surface area contributed by atoms with Gasteiger partial charge in [0.25, 0.3) is 0 Å². The summed E-state index contributed by atoms with van der Waals surface area (Å²) in [4.78, 5) is 11.8. The van der Waals surface area contributed by atoms with Crippen LogP contribution in [0.25, 0.3) is 6.08 Å². The highest BCUT2D eigenvalue weighted by molar-refractivity contribution is 7.92. The topological polar surface area (TPSA) is 75.3 Å². The first-order valence-corrected chi connectivity index (χ1v) is 9.89. The van der Waals surface area contributed by atoms with Crippen LogP contribution >= 0.6 is 11.6 Å². The van der Waals surface area contributed by atoms with E-state index in [2.05, 4.69) is 10.0 Å². The van der Waals surface area contributed by atoms with Crippen LogP contribution in [-0.4, -0.2) is 20.9 Å². The summed E-state index contributed by atoms with van der Waals surface area (Å²) in [6, 6.07) is 11.7. The molecule has 0 aliphatic carbocycles. The molecule has 150 valence electrons. The molecule has 0 radical (unpaired) electrons. The number of sulfonamides is 1. The van der Waals surface area contributed by atoms with Gasteiger partial charge in [-0.3, -0.25) is 4.79 Å². The fourth-order valence-electron chi connectivity index (χ4n) is 2.13. The quantitative estimate of drug-likeness (QED) is 0.685. The Balaban J connectivity index is 1.88. The molecule has 1 amide bonds. The lowest BCUT2D eigenvalue weighted by molar-refractivity contribution is -0.137. The van der Waals surface area contributed by atoms with Crippen LogP contribution in [0.4, 0.5) is 18.9 Å². The number of benzene rings is 2. The molecule has 0 saturated heterocycles. The summed E-state index contributed by atoms with van der Waals surface area (Å²) in [6.07, 6.45) is -3.52. The maximum atomic E-state index is 12.8. The van der Waals surface area contributed by atoms with Crippen LogP contribution in [-0.2, 0) is 21.0 Å². The van der Waals surface area contributed by atoms with E-state index in [-0.39, 0.29) is 18.7 Å². The Morgan fingerprint density at radius 1 is 1.11 bits per heavy atom. The average molecular weight is 433 g/mol. The molecular formula is C18H16ClF3N2O3S. The number of anilines is 1. The molecule has 0 aromatic heterocycles. The summed E-state index contributed by atoms with van der Waals surface area (Å²) in [5.41, 5.74) is -0.471. The summed E-state index contributed by atoms with van der Waals surface area (Å²) in [5.74, 6) is -0.648. The van der Waals surface area contributed by atoms with Crippen LogP contribution in [0.15, 0.2) is 53.9 Å². The van der Waals surface area contributed by atoms with Crippen LogP contribution in [0, 0.1) is 0 Å². The van der Waals surface area contributed by atoms with Crippen molar-refractivity contribution in [2.75, 3.05) is 11.9 Å². The molecule has 0 fully saturated rings. The van der Waals surface area contributed by atoms with Crippen molar-refractivity contribution in [2.24, 2.45) is 0 Å². The second-order valence-corrected chi connectivity index (χ2v) is 7.70. The highest BCUT2D eigenvalue weighted by Crippen LogP contribution is 2.36. The molecule has 2 aromatic carbocycles. The van der Waals surface area contributed by atoms with Crippen molar-refractivity contribution in [3.05, 3.63) is 70.1 Å². The lowest BCUT2D eigenvalue weighted by Crippen LogP contribution is -2.26. The minimum Gasteiger partial charge on any atom is -0.326 e. The molecule has 2 rings (SSSR count). The Kier molecular flexibility index (Phi) is 7.22. The highest BCUT2D eigenvalue weighted by atomic mass is 35.5. The van der Waals surface area contributed by atoms with Crippen molar-refractivity contribution < 1.29 is 26.4 Å². The number of hydrogen-bond acceptors (Lipinski definition) is 3. The number of halogens is 4. The van der Waals surface area contributed by atoms with Gasteiger partial charge in [-0.1, -0.05) is 41.9 Å². The molecule has 28 heavy (non-hydrogen) atoms. The minimum atomic E-state index is -4.65. The SMILES string of the molecule is O=C(CCNS(=O)(=O)/C=C/c1ccccc1)Nc1ccc(Cl)c(C(F)(F)F)c1. The van der Waals surface area contributed by atoms with Gasteiger partial charge in [0, 0.05) is 24.1 Å². The normalized spacial score (nSPS) is 12.3. The van der Waals surface area contributed by atoms with Crippen LogP contribution in [0.1, 0.15) is 17.5 Å². The number of alkyl halides is 3. The standard InChI is InChI=1S/C18H16ClF3N2O3S/c19-16-7-6-14(12-15(16)18(20,21)22)24-17(25)8-10-23-28(26,27)11-9-13-4-2-1-3-5-13/h1-7,9,11-12,23H,8,10H2,(H,24,25)/b11-9+. The zero-order chi connectivity index (χ0) is 20.8. The van der Waals surface area contributed by atoms with Crippen LogP contribution < -0.4 is 10.0 Å². The first kappa shape index (κ1) is 21.9. The molecule has 0 heterocycles. The largest absolute Gasteiger partial charge is 0.417 e. The Labute approximate surface area is 165 Å². The minimum absolute atomic E-state index is 0.0893. The van der Waals surface area contributed by atoms with E-state index in [0.717, 1.165) is 11.5 Å². The van der Waals surface area contributed by atoms with Gasteiger partial charge in [-0.15, -0.1) is 0 Å². The molecule has 0 saturated carbocycles. The van der Waals surface area contributed by atoms with Crippen LogP contribution in [0.2, 0.25) is 5.02 Å². The highest BCUT2D eigenvalue weighted by Gasteiger charge is 2.33.